The molecule has 0 spiro atoms. The number of rotatable bonds is 5. The number of carbonyl (C=O) groups excluding carboxylic acids is 2. The van der Waals surface area contributed by atoms with E-state index in [-0.39, 0.29) is 30.3 Å². The summed E-state index contributed by atoms with van der Waals surface area (Å²) in [6, 6.07) is 7.43. The Morgan fingerprint density at radius 2 is 2.04 bits per heavy atom. The number of nitrogens with zero attached hydrogens (tertiary/aromatic N) is 1. The predicted octanol–water partition coefficient (Wildman–Crippen LogP) is 3.86. The number of methoxy groups -OCH3 is 1. The molecule has 148 valence electrons. The molecule has 0 saturated carbocycles. The van der Waals surface area contributed by atoms with Gasteiger partial charge in [-0.05, 0) is 31.2 Å². The van der Waals surface area contributed by atoms with Gasteiger partial charge in [-0.25, -0.2) is 8.78 Å². The van der Waals surface area contributed by atoms with E-state index in [1.165, 1.54) is 18.1 Å². The van der Waals surface area contributed by atoms with E-state index >= 15 is 0 Å². The summed E-state index contributed by atoms with van der Waals surface area (Å²) >= 11 is 6.03. The highest BCUT2D eigenvalue weighted by Gasteiger charge is 2.37. The standard InChI is InChI=1S/C20H19ClF2N2O3/c1-11(15-5-4-14(22)9-16(15)23)24-20(27)12-7-19(26)25(10-12)17-8-13(21)3-6-18(17)28-2/h3-6,8-9,11-12H,7,10H2,1-2H3,(H,24,27). The highest BCUT2D eigenvalue weighted by atomic mass is 35.5. The van der Waals surface area contributed by atoms with Gasteiger partial charge in [-0.15, -0.1) is 0 Å². The smallest absolute Gasteiger partial charge is 0.227 e. The zero-order valence-corrected chi connectivity index (χ0v) is 16.1. The van der Waals surface area contributed by atoms with Crippen molar-refractivity contribution in [2.75, 3.05) is 18.6 Å². The van der Waals surface area contributed by atoms with Gasteiger partial charge in [0.1, 0.15) is 17.4 Å². The number of anilines is 1. The van der Waals surface area contributed by atoms with Crippen LogP contribution in [0.2, 0.25) is 5.02 Å². The zero-order chi connectivity index (χ0) is 20.4. The van der Waals surface area contributed by atoms with Crippen LogP contribution in [0.3, 0.4) is 0 Å². The molecule has 3 rings (SSSR count). The number of carbonyl (C=O) groups is 2. The van der Waals surface area contributed by atoms with Gasteiger partial charge in [-0.2, -0.15) is 0 Å². The number of ether oxygens (including phenoxy) is 1. The molecule has 1 saturated heterocycles. The molecule has 0 radical (unpaired) electrons. The lowest BCUT2D eigenvalue weighted by Crippen LogP contribution is -2.35. The molecule has 2 amide bonds. The largest absolute Gasteiger partial charge is 0.495 e. The number of hydrogen-bond acceptors (Lipinski definition) is 3. The van der Waals surface area contributed by atoms with Gasteiger partial charge in [0, 0.05) is 29.6 Å². The number of hydrogen-bond donors (Lipinski definition) is 1. The van der Waals surface area contributed by atoms with Crippen LogP contribution in [0, 0.1) is 17.6 Å². The maximum atomic E-state index is 13.9. The third-order valence-corrected chi connectivity index (χ3v) is 4.95. The van der Waals surface area contributed by atoms with Crippen molar-refractivity contribution in [1.29, 1.82) is 0 Å². The minimum absolute atomic E-state index is 0.0140. The summed E-state index contributed by atoms with van der Waals surface area (Å²) < 4.78 is 32.3. The van der Waals surface area contributed by atoms with Crippen molar-refractivity contribution in [2.45, 2.75) is 19.4 Å². The molecule has 2 unspecified atom stereocenters. The number of halogens is 3. The molecular formula is C20H19ClF2N2O3. The quantitative estimate of drug-likeness (QED) is 0.817. The second-order valence-electron chi connectivity index (χ2n) is 6.62. The fourth-order valence-electron chi connectivity index (χ4n) is 3.25. The lowest BCUT2D eigenvalue weighted by atomic mass is 10.0. The van der Waals surface area contributed by atoms with Crippen molar-refractivity contribution < 1.29 is 23.1 Å². The SMILES string of the molecule is COc1ccc(Cl)cc1N1CC(C(=O)NC(C)c2ccc(F)cc2F)CC1=O. The average Bonchev–Trinajstić information content (AvgIpc) is 3.03. The predicted molar refractivity (Wildman–Crippen MR) is 101 cm³/mol. The number of amides is 2. The van der Waals surface area contributed by atoms with E-state index in [2.05, 4.69) is 5.32 Å². The topological polar surface area (TPSA) is 58.6 Å². The molecule has 1 heterocycles. The van der Waals surface area contributed by atoms with Crippen LogP contribution in [-0.2, 0) is 9.59 Å². The summed E-state index contributed by atoms with van der Waals surface area (Å²) in [5.41, 5.74) is 0.667. The first kappa shape index (κ1) is 20.1. The zero-order valence-electron chi connectivity index (χ0n) is 15.3. The van der Waals surface area contributed by atoms with Gasteiger partial charge in [-0.3, -0.25) is 9.59 Å². The van der Waals surface area contributed by atoms with Crippen molar-refractivity contribution >= 4 is 29.1 Å². The van der Waals surface area contributed by atoms with Crippen molar-refractivity contribution in [1.82, 2.24) is 5.32 Å². The molecule has 1 aliphatic heterocycles. The highest BCUT2D eigenvalue weighted by Crippen LogP contribution is 2.35. The molecule has 0 aromatic heterocycles. The maximum absolute atomic E-state index is 13.9. The summed E-state index contributed by atoms with van der Waals surface area (Å²) in [7, 11) is 1.48. The normalized spacial score (nSPS) is 17.5. The van der Waals surface area contributed by atoms with Crippen molar-refractivity contribution in [3.05, 3.63) is 58.6 Å². The minimum Gasteiger partial charge on any atom is -0.495 e. The van der Waals surface area contributed by atoms with Gasteiger partial charge in [-0.1, -0.05) is 17.7 Å². The Morgan fingerprint density at radius 1 is 1.29 bits per heavy atom. The first-order valence-corrected chi connectivity index (χ1v) is 9.07. The maximum Gasteiger partial charge on any atom is 0.227 e. The summed E-state index contributed by atoms with van der Waals surface area (Å²) in [5, 5.41) is 3.13. The molecule has 2 aromatic carbocycles. The fourth-order valence-corrected chi connectivity index (χ4v) is 3.42. The van der Waals surface area contributed by atoms with E-state index in [1.807, 2.05) is 0 Å². The first-order chi connectivity index (χ1) is 13.3. The van der Waals surface area contributed by atoms with E-state index in [0.717, 1.165) is 12.1 Å². The van der Waals surface area contributed by atoms with Crippen LogP contribution in [0.4, 0.5) is 14.5 Å². The van der Waals surface area contributed by atoms with Crippen molar-refractivity contribution in [2.24, 2.45) is 5.92 Å². The second kappa shape index (κ2) is 8.14. The van der Waals surface area contributed by atoms with Crippen LogP contribution in [0.1, 0.15) is 24.9 Å². The molecule has 2 aromatic rings. The van der Waals surface area contributed by atoms with Gasteiger partial charge in [0.25, 0.3) is 0 Å². The molecule has 0 bridgehead atoms. The van der Waals surface area contributed by atoms with Gasteiger partial charge in [0.15, 0.2) is 0 Å². The molecule has 8 heteroatoms. The molecule has 0 aliphatic carbocycles. The summed E-state index contributed by atoms with van der Waals surface area (Å²) in [6.07, 6.45) is 0.0140. The molecule has 1 fully saturated rings. The lowest BCUT2D eigenvalue weighted by Gasteiger charge is -2.21. The summed E-state index contributed by atoms with van der Waals surface area (Å²) in [6.45, 7) is 1.75. The van der Waals surface area contributed by atoms with E-state index < -0.39 is 23.6 Å². The van der Waals surface area contributed by atoms with E-state index in [9.17, 15) is 18.4 Å². The van der Waals surface area contributed by atoms with Crippen LogP contribution in [0.5, 0.6) is 5.75 Å². The Labute approximate surface area is 166 Å². The fraction of sp³-hybridized carbons (Fsp3) is 0.300. The molecule has 28 heavy (non-hydrogen) atoms. The Kier molecular flexibility index (Phi) is 5.84. The number of benzene rings is 2. The van der Waals surface area contributed by atoms with Crippen LogP contribution in [0.25, 0.3) is 0 Å². The van der Waals surface area contributed by atoms with Crippen LogP contribution >= 0.6 is 11.6 Å². The Hall–Kier alpha value is -2.67. The Balaban J connectivity index is 1.73. The van der Waals surface area contributed by atoms with Crippen LogP contribution in [-0.4, -0.2) is 25.5 Å². The monoisotopic (exact) mass is 408 g/mol. The van der Waals surface area contributed by atoms with Crippen molar-refractivity contribution in [3.8, 4) is 5.75 Å². The minimum atomic E-state index is -0.736. The third kappa shape index (κ3) is 4.09. The molecule has 1 N–H and O–H groups in total. The summed E-state index contributed by atoms with van der Waals surface area (Å²) in [5.74, 6) is -2.18. The van der Waals surface area contributed by atoms with Crippen LogP contribution in [0.15, 0.2) is 36.4 Å². The third-order valence-electron chi connectivity index (χ3n) is 4.72. The van der Waals surface area contributed by atoms with E-state index in [0.29, 0.717) is 16.5 Å². The van der Waals surface area contributed by atoms with Gasteiger partial charge in [0.05, 0.1) is 24.8 Å². The average molecular weight is 409 g/mol. The van der Waals surface area contributed by atoms with E-state index in [1.54, 1.807) is 25.1 Å². The number of nitrogens with one attached hydrogen (secondary N) is 1. The molecular weight excluding hydrogens is 390 g/mol. The van der Waals surface area contributed by atoms with Gasteiger partial charge >= 0.3 is 0 Å². The second-order valence-corrected chi connectivity index (χ2v) is 7.05. The van der Waals surface area contributed by atoms with E-state index in [4.69, 9.17) is 16.3 Å². The molecule has 1 aliphatic rings. The van der Waals surface area contributed by atoms with Gasteiger partial charge < -0.3 is 15.0 Å². The van der Waals surface area contributed by atoms with Crippen molar-refractivity contribution in [3.63, 3.8) is 0 Å². The molecule has 5 nitrogen and oxygen atoms in total. The first-order valence-electron chi connectivity index (χ1n) is 8.69. The van der Waals surface area contributed by atoms with Crippen LogP contribution < -0.4 is 15.0 Å². The Morgan fingerprint density at radius 3 is 2.71 bits per heavy atom. The summed E-state index contributed by atoms with van der Waals surface area (Å²) in [4.78, 5) is 26.5. The lowest BCUT2D eigenvalue weighted by molar-refractivity contribution is -0.126. The highest BCUT2D eigenvalue weighted by molar-refractivity contribution is 6.31. The molecule has 2 atom stereocenters. The Bertz CT molecular complexity index is 922. The van der Waals surface area contributed by atoms with Gasteiger partial charge in [0.2, 0.25) is 11.8 Å².